The van der Waals surface area contributed by atoms with E-state index in [1.807, 2.05) is 0 Å². The molecule has 0 amide bonds. The molecule has 12 atom stereocenters. The summed E-state index contributed by atoms with van der Waals surface area (Å²) >= 11 is 0. The van der Waals surface area contributed by atoms with Gasteiger partial charge < -0.3 is 9.47 Å². The molecule has 4 nitrogen and oxygen atoms in total. The highest BCUT2D eigenvalue weighted by Crippen LogP contribution is 2.68. The van der Waals surface area contributed by atoms with E-state index in [9.17, 15) is 9.59 Å². The van der Waals surface area contributed by atoms with E-state index in [0.29, 0.717) is 64.8 Å². The summed E-state index contributed by atoms with van der Waals surface area (Å²) in [6.45, 7) is 15.9. The largest absolute Gasteiger partial charge is 0.463 e. The minimum Gasteiger partial charge on any atom is -0.463 e. The van der Waals surface area contributed by atoms with E-state index >= 15 is 0 Å². The fourth-order valence-electron chi connectivity index (χ4n) is 9.84. The molecule has 5 aliphatic rings. The van der Waals surface area contributed by atoms with Crippen molar-refractivity contribution in [3.63, 3.8) is 0 Å². The number of fused-ring (bicyclic) bond motifs is 5. The Morgan fingerprint density at radius 3 is 2.32 bits per heavy atom. The van der Waals surface area contributed by atoms with Crippen LogP contribution in [0.5, 0.6) is 0 Å². The fraction of sp³-hybridized carbons (Fsp3) is 0.933. The molecule has 0 radical (unpaired) electrons. The van der Waals surface area contributed by atoms with Crippen LogP contribution in [0, 0.1) is 58.2 Å². The predicted octanol–water partition coefficient (Wildman–Crippen LogP) is 6.45. The molecular formula is C30H48O4. The van der Waals surface area contributed by atoms with Crippen LogP contribution >= 0.6 is 0 Å². The van der Waals surface area contributed by atoms with Crippen molar-refractivity contribution in [2.24, 2.45) is 58.2 Å². The number of hydrogen-bond donors (Lipinski definition) is 0. The zero-order valence-corrected chi connectivity index (χ0v) is 22.6. The van der Waals surface area contributed by atoms with Crippen molar-refractivity contribution in [2.45, 2.75) is 118 Å². The van der Waals surface area contributed by atoms with E-state index in [4.69, 9.17) is 9.47 Å². The van der Waals surface area contributed by atoms with Gasteiger partial charge in [-0.1, -0.05) is 41.5 Å². The Morgan fingerprint density at radius 1 is 0.971 bits per heavy atom. The summed E-state index contributed by atoms with van der Waals surface area (Å²) in [6.07, 6.45) is 9.40. The molecule has 1 aliphatic heterocycles. The van der Waals surface area contributed by atoms with Gasteiger partial charge in [0.2, 0.25) is 0 Å². The van der Waals surface area contributed by atoms with Crippen LogP contribution in [0.15, 0.2) is 0 Å². The second-order valence-corrected chi connectivity index (χ2v) is 13.9. The Labute approximate surface area is 207 Å². The summed E-state index contributed by atoms with van der Waals surface area (Å²) in [5, 5.41) is 0. The van der Waals surface area contributed by atoms with Gasteiger partial charge in [-0.3, -0.25) is 9.59 Å². The molecule has 0 aromatic carbocycles. The molecule has 1 saturated heterocycles. The second kappa shape index (κ2) is 8.60. The van der Waals surface area contributed by atoms with Crippen LogP contribution in [0.1, 0.15) is 99.8 Å². The van der Waals surface area contributed by atoms with Crippen LogP contribution in [0.25, 0.3) is 0 Å². The zero-order chi connectivity index (χ0) is 24.6. The van der Waals surface area contributed by atoms with Gasteiger partial charge in [0.15, 0.2) is 0 Å². The maximum atomic E-state index is 13.6. The molecule has 0 aromatic heterocycles. The summed E-state index contributed by atoms with van der Waals surface area (Å²) in [5.41, 5.74) is 0.426. The first-order chi connectivity index (χ1) is 16.0. The number of carbonyl (C=O) groups is 2. The van der Waals surface area contributed by atoms with E-state index in [-0.39, 0.29) is 23.4 Å². The van der Waals surface area contributed by atoms with Crippen LogP contribution in [0.4, 0.5) is 0 Å². The number of ketones is 1. The van der Waals surface area contributed by atoms with Crippen molar-refractivity contribution in [1.82, 2.24) is 0 Å². The summed E-state index contributed by atoms with van der Waals surface area (Å²) < 4.78 is 11.9. The van der Waals surface area contributed by atoms with Crippen LogP contribution in [0.2, 0.25) is 0 Å². The normalized spacial score (nSPS) is 49.6. The molecule has 4 heteroatoms. The van der Waals surface area contributed by atoms with E-state index in [1.54, 1.807) is 0 Å². The van der Waals surface area contributed by atoms with Crippen LogP contribution in [0.3, 0.4) is 0 Å². The lowest BCUT2D eigenvalue weighted by Gasteiger charge is -2.60. The number of esters is 1. The zero-order valence-electron chi connectivity index (χ0n) is 22.6. The number of epoxide rings is 1. The molecule has 0 spiro atoms. The fourth-order valence-corrected chi connectivity index (χ4v) is 9.84. The summed E-state index contributed by atoms with van der Waals surface area (Å²) in [7, 11) is 0. The maximum Gasteiger partial charge on any atom is 0.302 e. The number of Topliss-reactive ketones (excluding diaryl/α,β-unsaturated/α-hetero) is 1. The quantitative estimate of drug-likeness (QED) is 0.341. The van der Waals surface area contributed by atoms with Gasteiger partial charge in [-0.2, -0.15) is 0 Å². The van der Waals surface area contributed by atoms with E-state index < -0.39 is 0 Å². The van der Waals surface area contributed by atoms with Gasteiger partial charge in [0, 0.05) is 19.3 Å². The smallest absolute Gasteiger partial charge is 0.302 e. The van der Waals surface area contributed by atoms with E-state index in [1.165, 1.54) is 32.6 Å². The van der Waals surface area contributed by atoms with Gasteiger partial charge in [-0.25, -0.2) is 0 Å². The molecule has 5 rings (SSSR count). The molecule has 4 aliphatic carbocycles. The Bertz CT molecular complexity index is 821. The Balaban J connectivity index is 1.31. The van der Waals surface area contributed by atoms with Gasteiger partial charge >= 0.3 is 5.97 Å². The highest BCUT2D eigenvalue weighted by molar-refractivity contribution is 5.83. The molecule has 0 aromatic rings. The third kappa shape index (κ3) is 3.80. The van der Waals surface area contributed by atoms with Crippen molar-refractivity contribution < 1.29 is 19.1 Å². The summed E-state index contributed by atoms with van der Waals surface area (Å²) in [5.74, 6) is 4.80. The minimum atomic E-state index is -0.209. The van der Waals surface area contributed by atoms with Gasteiger partial charge in [0.05, 0.1) is 12.2 Å². The van der Waals surface area contributed by atoms with Gasteiger partial charge in [-0.05, 0) is 97.2 Å². The average molecular weight is 473 g/mol. The van der Waals surface area contributed by atoms with Crippen molar-refractivity contribution in [2.75, 3.05) is 0 Å². The molecule has 0 unspecified atom stereocenters. The summed E-state index contributed by atoms with van der Waals surface area (Å²) in [6, 6.07) is 0. The first kappa shape index (κ1) is 24.8. The maximum absolute atomic E-state index is 13.6. The first-order valence-electron chi connectivity index (χ1n) is 14.3. The number of ether oxygens (including phenoxy) is 2. The minimum absolute atomic E-state index is 0.0682. The topological polar surface area (TPSA) is 55.9 Å². The molecule has 4 saturated carbocycles. The lowest BCUT2D eigenvalue weighted by atomic mass is 9.44. The summed E-state index contributed by atoms with van der Waals surface area (Å²) in [4.78, 5) is 25.1. The highest BCUT2D eigenvalue weighted by atomic mass is 16.6. The number of hydrogen-bond acceptors (Lipinski definition) is 4. The molecule has 0 bridgehead atoms. The van der Waals surface area contributed by atoms with Crippen molar-refractivity contribution in [1.29, 1.82) is 0 Å². The number of carbonyl (C=O) groups excluding carboxylic acids is 2. The standard InChI is InChI=1S/C30H48O4/c1-16(2)17(3)27-28(34-27)18(4)22-8-9-23-21-15-26(32)25-14-20(33-19(5)31)10-12-30(25,7)24(21)11-13-29(22,23)6/h16-18,20-25,27-28H,8-15H2,1-7H3/t17-,18+,20+,21+,22-,23+,24+,25-,27-,28-,29-,30-/m1/s1. The first-order valence-corrected chi connectivity index (χ1v) is 14.3. The third-order valence-corrected chi connectivity index (χ3v) is 12.1. The lowest BCUT2D eigenvalue weighted by molar-refractivity contribution is -0.169. The third-order valence-electron chi connectivity index (χ3n) is 12.1. The molecule has 0 N–H and O–H groups in total. The van der Waals surface area contributed by atoms with E-state index in [0.717, 1.165) is 25.7 Å². The van der Waals surface area contributed by atoms with Crippen molar-refractivity contribution in [3.05, 3.63) is 0 Å². The van der Waals surface area contributed by atoms with Gasteiger partial charge in [-0.15, -0.1) is 0 Å². The van der Waals surface area contributed by atoms with Crippen molar-refractivity contribution in [3.8, 4) is 0 Å². The Kier molecular flexibility index (Phi) is 6.26. The Morgan fingerprint density at radius 2 is 1.65 bits per heavy atom. The number of rotatable bonds is 5. The SMILES string of the molecule is CC(=O)O[C@H]1CC[C@@]2(C)[C@H](C1)C(=O)C[C@@H]1[C@@H]2CC[C@]2(C)[C@@H]([C@H](C)[C@H]3O[C@@H]3[C@H](C)C(C)C)CC[C@@H]12. The van der Waals surface area contributed by atoms with Gasteiger partial charge in [0.1, 0.15) is 11.9 Å². The average Bonchev–Trinajstić information content (AvgIpc) is 3.48. The van der Waals surface area contributed by atoms with Gasteiger partial charge in [0.25, 0.3) is 0 Å². The molecule has 192 valence electrons. The molecule has 34 heavy (non-hydrogen) atoms. The second-order valence-electron chi connectivity index (χ2n) is 13.9. The van der Waals surface area contributed by atoms with Crippen LogP contribution < -0.4 is 0 Å². The highest BCUT2D eigenvalue weighted by Gasteiger charge is 2.64. The lowest BCUT2D eigenvalue weighted by Crippen LogP contribution is -2.57. The van der Waals surface area contributed by atoms with Crippen molar-refractivity contribution >= 4 is 11.8 Å². The molecular weight excluding hydrogens is 424 g/mol. The molecule has 1 heterocycles. The Hall–Kier alpha value is -0.900. The van der Waals surface area contributed by atoms with Crippen LogP contribution in [-0.4, -0.2) is 30.1 Å². The molecule has 5 fully saturated rings. The van der Waals surface area contributed by atoms with Crippen LogP contribution in [-0.2, 0) is 19.1 Å². The predicted molar refractivity (Wildman–Crippen MR) is 133 cm³/mol. The van der Waals surface area contributed by atoms with E-state index in [2.05, 4.69) is 41.5 Å². The monoisotopic (exact) mass is 472 g/mol.